The number of primary amides is 1. The van der Waals surface area contributed by atoms with Gasteiger partial charge in [-0.25, -0.2) is 4.98 Å². The zero-order valence-corrected chi connectivity index (χ0v) is 18.0. The van der Waals surface area contributed by atoms with E-state index in [1.165, 1.54) is 6.42 Å². The Bertz CT molecular complexity index is 1110. The van der Waals surface area contributed by atoms with E-state index in [4.69, 9.17) is 15.2 Å². The van der Waals surface area contributed by atoms with Gasteiger partial charge in [0.1, 0.15) is 5.75 Å². The fourth-order valence-electron chi connectivity index (χ4n) is 4.29. The summed E-state index contributed by atoms with van der Waals surface area (Å²) in [4.78, 5) is 17.1. The number of hydrogen-bond acceptors (Lipinski definition) is 6. The Morgan fingerprint density at radius 2 is 2.13 bits per heavy atom. The van der Waals surface area contributed by atoms with Crippen LogP contribution in [0.2, 0.25) is 0 Å². The van der Waals surface area contributed by atoms with Gasteiger partial charge in [-0.2, -0.15) is 5.26 Å². The summed E-state index contributed by atoms with van der Waals surface area (Å²) in [5.41, 5.74) is 10.7. The molecule has 0 saturated heterocycles. The van der Waals surface area contributed by atoms with Gasteiger partial charge in [0.2, 0.25) is 11.8 Å². The van der Waals surface area contributed by atoms with Crippen molar-refractivity contribution in [2.24, 2.45) is 11.7 Å². The number of nitriles is 1. The second-order valence-electron chi connectivity index (χ2n) is 8.17. The summed E-state index contributed by atoms with van der Waals surface area (Å²) < 4.78 is 11.8. The smallest absolute Gasteiger partial charge is 0.247 e. The largest absolute Gasteiger partial charge is 0.496 e. The summed E-state index contributed by atoms with van der Waals surface area (Å²) in [5.74, 6) is 0.474. The first-order valence-corrected chi connectivity index (χ1v) is 10.4. The zero-order chi connectivity index (χ0) is 22.1. The predicted molar refractivity (Wildman–Crippen MR) is 117 cm³/mol. The van der Waals surface area contributed by atoms with Gasteiger partial charge < -0.3 is 20.5 Å². The van der Waals surface area contributed by atoms with E-state index in [1.54, 1.807) is 25.4 Å². The maximum absolute atomic E-state index is 12.6. The summed E-state index contributed by atoms with van der Waals surface area (Å²) in [6, 6.07) is 7.32. The molecule has 1 unspecified atom stereocenters. The molecule has 2 heterocycles. The second kappa shape index (κ2) is 8.31. The number of carbonyl (C=O) groups excluding carboxylic acids is 1. The third-order valence-electron chi connectivity index (χ3n) is 6.18. The number of methoxy groups -OCH3 is 1. The van der Waals surface area contributed by atoms with Gasteiger partial charge in [0, 0.05) is 23.0 Å². The average molecular weight is 418 g/mol. The SMILES string of the molecule is COc1cc(C#N)ccc1C1C(C(N)=O)=C(C)Nc2c(C)cnc(OCC3CCC3)c21. The summed E-state index contributed by atoms with van der Waals surface area (Å²) in [5, 5.41) is 12.6. The molecule has 0 spiro atoms. The number of benzene rings is 1. The van der Waals surface area contributed by atoms with Crippen LogP contribution in [0.25, 0.3) is 0 Å². The number of ether oxygens (including phenoxy) is 2. The highest BCUT2D eigenvalue weighted by molar-refractivity contribution is 5.98. The topological polar surface area (TPSA) is 110 Å². The van der Waals surface area contributed by atoms with E-state index in [2.05, 4.69) is 16.4 Å². The molecule has 1 saturated carbocycles. The van der Waals surface area contributed by atoms with Crippen molar-refractivity contribution < 1.29 is 14.3 Å². The Kier molecular flexibility index (Phi) is 5.55. The highest BCUT2D eigenvalue weighted by atomic mass is 16.5. The minimum absolute atomic E-state index is 0.427. The van der Waals surface area contributed by atoms with E-state index < -0.39 is 11.8 Å². The minimum atomic E-state index is -0.529. The number of nitrogens with zero attached hydrogens (tertiary/aromatic N) is 2. The number of anilines is 1. The van der Waals surface area contributed by atoms with E-state index in [0.29, 0.717) is 41.0 Å². The molecule has 160 valence electrons. The molecule has 4 rings (SSSR count). The van der Waals surface area contributed by atoms with E-state index in [1.807, 2.05) is 19.9 Å². The van der Waals surface area contributed by atoms with Gasteiger partial charge in [-0.15, -0.1) is 0 Å². The van der Waals surface area contributed by atoms with Crippen LogP contribution in [-0.4, -0.2) is 24.6 Å². The quantitative estimate of drug-likeness (QED) is 0.739. The van der Waals surface area contributed by atoms with Crippen LogP contribution < -0.4 is 20.5 Å². The Hall–Kier alpha value is -3.53. The lowest BCUT2D eigenvalue weighted by molar-refractivity contribution is -0.114. The molecule has 1 aromatic carbocycles. The molecular formula is C24H26N4O3. The molecule has 1 atom stereocenters. The predicted octanol–water partition coefficient (Wildman–Crippen LogP) is 3.77. The standard InChI is InChI=1S/C24H26N4O3/c1-13-11-27-24(31-12-15-5-4-6-15)21-20(19(23(26)29)14(2)28-22(13)21)17-8-7-16(10-25)9-18(17)30-3/h7-9,11,15,20,28H,4-6,12H2,1-3H3,(H2,26,29). The molecule has 0 radical (unpaired) electrons. The van der Waals surface area contributed by atoms with Gasteiger partial charge in [0.15, 0.2) is 0 Å². The number of carbonyl (C=O) groups is 1. The number of amides is 1. The highest BCUT2D eigenvalue weighted by Crippen LogP contribution is 2.49. The maximum atomic E-state index is 12.6. The van der Waals surface area contributed by atoms with Crippen LogP contribution in [0.5, 0.6) is 11.6 Å². The first-order valence-electron chi connectivity index (χ1n) is 10.4. The summed E-state index contributed by atoms with van der Waals surface area (Å²) >= 11 is 0. The van der Waals surface area contributed by atoms with Crippen LogP contribution in [0.3, 0.4) is 0 Å². The number of hydrogen-bond donors (Lipinski definition) is 2. The zero-order valence-electron chi connectivity index (χ0n) is 18.0. The van der Waals surface area contributed by atoms with Crippen molar-refractivity contribution in [2.45, 2.75) is 39.0 Å². The molecule has 7 nitrogen and oxygen atoms in total. The van der Waals surface area contributed by atoms with Crippen molar-refractivity contribution in [1.82, 2.24) is 4.98 Å². The summed E-state index contributed by atoms with van der Waals surface area (Å²) in [6.45, 7) is 4.39. The molecule has 3 N–H and O–H groups in total. The van der Waals surface area contributed by atoms with E-state index >= 15 is 0 Å². The van der Waals surface area contributed by atoms with Crippen molar-refractivity contribution in [3.63, 3.8) is 0 Å². The third-order valence-corrected chi connectivity index (χ3v) is 6.18. The lowest BCUT2D eigenvalue weighted by Gasteiger charge is -2.33. The number of rotatable bonds is 6. The minimum Gasteiger partial charge on any atom is -0.496 e. The fraction of sp³-hybridized carbons (Fsp3) is 0.375. The molecule has 31 heavy (non-hydrogen) atoms. The Balaban J connectivity index is 1.91. The molecule has 1 aliphatic carbocycles. The molecular weight excluding hydrogens is 392 g/mol. The van der Waals surface area contributed by atoms with Gasteiger partial charge in [0.25, 0.3) is 0 Å². The van der Waals surface area contributed by atoms with Crippen molar-refractivity contribution >= 4 is 11.6 Å². The van der Waals surface area contributed by atoms with Crippen molar-refractivity contribution in [3.8, 4) is 17.7 Å². The van der Waals surface area contributed by atoms with Crippen LogP contribution >= 0.6 is 0 Å². The van der Waals surface area contributed by atoms with Gasteiger partial charge >= 0.3 is 0 Å². The van der Waals surface area contributed by atoms with E-state index in [-0.39, 0.29) is 0 Å². The lowest BCUT2D eigenvalue weighted by atomic mass is 9.79. The molecule has 2 aromatic rings. The van der Waals surface area contributed by atoms with E-state index in [0.717, 1.165) is 35.2 Å². The van der Waals surface area contributed by atoms with Gasteiger partial charge in [0.05, 0.1) is 42.5 Å². The van der Waals surface area contributed by atoms with Crippen LogP contribution in [0, 0.1) is 24.2 Å². The normalized spacial score (nSPS) is 17.8. The van der Waals surface area contributed by atoms with Gasteiger partial charge in [-0.1, -0.05) is 12.5 Å². The number of fused-ring (bicyclic) bond motifs is 1. The van der Waals surface area contributed by atoms with Crippen molar-refractivity contribution in [2.75, 3.05) is 19.0 Å². The van der Waals surface area contributed by atoms with Crippen LogP contribution in [0.4, 0.5) is 5.69 Å². The van der Waals surface area contributed by atoms with Gasteiger partial charge in [-0.05, 0) is 50.3 Å². The summed E-state index contributed by atoms with van der Waals surface area (Å²) in [6.07, 6.45) is 5.32. The number of nitrogens with one attached hydrogen (secondary N) is 1. The molecule has 1 amide bonds. The highest BCUT2D eigenvalue weighted by Gasteiger charge is 2.37. The third kappa shape index (κ3) is 3.70. The number of pyridine rings is 1. The fourth-order valence-corrected chi connectivity index (χ4v) is 4.29. The Morgan fingerprint density at radius 1 is 1.35 bits per heavy atom. The molecule has 1 aromatic heterocycles. The maximum Gasteiger partial charge on any atom is 0.247 e. The number of aryl methyl sites for hydroxylation is 1. The molecule has 1 aliphatic heterocycles. The molecule has 2 aliphatic rings. The van der Waals surface area contributed by atoms with Crippen molar-refractivity contribution in [1.29, 1.82) is 5.26 Å². The van der Waals surface area contributed by atoms with Crippen LogP contribution in [0.15, 0.2) is 35.7 Å². The Labute approximate surface area is 181 Å². The molecule has 0 bridgehead atoms. The van der Waals surface area contributed by atoms with Crippen molar-refractivity contribution in [3.05, 3.63) is 57.9 Å². The second-order valence-corrected chi connectivity index (χ2v) is 8.17. The average Bonchev–Trinajstić information content (AvgIpc) is 2.72. The lowest BCUT2D eigenvalue weighted by Crippen LogP contribution is -2.29. The number of nitrogens with two attached hydrogens (primary N) is 1. The molecule has 7 heteroatoms. The monoisotopic (exact) mass is 418 g/mol. The molecule has 1 fully saturated rings. The van der Waals surface area contributed by atoms with Crippen LogP contribution in [0.1, 0.15) is 54.4 Å². The van der Waals surface area contributed by atoms with E-state index in [9.17, 15) is 10.1 Å². The van der Waals surface area contributed by atoms with Gasteiger partial charge in [-0.3, -0.25) is 4.79 Å². The number of allylic oxidation sites excluding steroid dienone is 1. The summed E-state index contributed by atoms with van der Waals surface area (Å²) in [7, 11) is 1.55. The Morgan fingerprint density at radius 3 is 2.74 bits per heavy atom. The number of aromatic nitrogens is 1. The first kappa shape index (κ1) is 20.7. The van der Waals surface area contributed by atoms with Crippen LogP contribution in [-0.2, 0) is 4.79 Å². The first-order chi connectivity index (χ1) is 14.9.